The monoisotopic (exact) mass is 484 g/mol. The summed E-state index contributed by atoms with van der Waals surface area (Å²) in [6.07, 6.45) is 0. The van der Waals surface area contributed by atoms with Crippen LogP contribution < -0.4 is 9.47 Å². The van der Waals surface area contributed by atoms with Crippen molar-refractivity contribution < 1.29 is 33.4 Å². The number of benzene rings is 2. The third-order valence-electron chi connectivity index (χ3n) is 5.94. The molecular weight excluding hydrogens is 455 g/mol. The van der Waals surface area contributed by atoms with Gasteiger partial charge in [0.1, 0.15) is 23.1 Å². The van der Waals surface area contributed by atoms with Crippen molar-refractivity contribution in [1.29, 1.82) is 0 Å². The van der Waals surface area contributed by atoms with Crippen LogP contribution in [-0.4, -0.2) is 65.9 Å². The fourth-order valence-electron chi connectivity index (χ4n) is 4.17. The number of aliphatic hydroxyl groups is 1. The first kappa shape index (κ1) is 25.9. The Bertz CT molecular complexity index is 1160. The number of Topliss-reactive ketones (excluding diaryl/α,β-unsaturated/α-hetero) is 1. The lowest BCUT2D eigenvalue weighted by Crippen LogP contribution is -2.38. The van der Waals surface area contributed by atoms with Gasteiger partial charge in [-0.3, -0.25) is 14.4 Å². The molecule has 9 heteroatoms. The number of nitrogens with zero attached hydrogens (tertiary/aromatic N) is 2. The highest BCUT2D eigenvalue weighted by Gasteiger charge is 2.46. The molecular formula is C26H29FN2O6. The average Bonchev–Trinajstić information content (AvgIpc) is 3.09. The van der Waals surface area contributed by atoms with Crippen LogP contribution in [0.25, 0.3) is 5.76 Å². The molecule has 35 heavy (non-hydrogen) atoms. The minimum Gasteiger partial charge on any atom is -0.507 e. The van der Waals surface area contributed by atoms with E-state index in [1.165, 1.54) is 31.1 Å². The molecule has 1 unspecified atom stereocenters. The molecule has 8 nitrogen and oxygen atoms in total. The molecule has 0 aliphatic carbocycles. The van der Waals surface area contributed by atoms with Crippen LogP contribution in [0.3, 0.4) is 0 Å². The maximum atomic E-state index is 14.1. The molecule has 186 valence electrons. The first-order chi connectivity index (χ1) is 16.7. The Labute approximate surface area is 203 Å². The van der Waals surface area contributed by atoms with Crippen molar-refractivity contribution in [1.82, 2.24) is 9.80 Å². The number of methoxy groups -OCH3 is 1. The van der Waals surface area contributed by atoms with Crippen LogP contribution in [0.2, 0.25) is 0 Å². The smallest absolute Gasteiger partial charge is 0.308 e. The molecule has 0 saturated carbocycles. The number of hydrogen-bond donors (Lipinski definition) is 1. The standard InChI is InChI=1S/C26H29FN2O6/c1-5-28(6-2)12-13-29-23(17-8-7-9-19(14-17)35-16(3)30)22(25(32)26(29)33)24(31)20-15-18(27)10-11-21(20)34-4/h7-11,14-15,23,31H,5-6,12-13H2,1-4H3/b24-22+. The second-order valence-electron chi connectivity index (χ2n) is 8.03. The summed E-state index contributed by atoms with van der Waals surface area (Å²) in [4.78, 5) is 41.3. The highest BCUT2D eigenvalue weighted by molar-refractivity contribution is 6.46. The number of likely N-dealkylation sites (N-methyl/N-ethyl adjacent to an activating group) is 1. The van der Waals surface area contributed by atoms with Crippen LogP contribution >= 0.6 is 0 Å². The Morgan fingerprint density at radius 3 is 2.49 bits per heavy atom. The molecule has 1 aliphatic heterocycles. The van der Waals surface area contributed by atoms with Gasteiger partial charge in [0.25, 0.3) is 11.7 Å². The van der Waals surface area contributed by atoms with Crippen LogP contribution in [0, 0.1) is 5.82 Å². The summed E-state index contributed by atoms with van der Waals surface area (Å²) in [5, 5.41) is 11.2. The van der Waals surface area contributed by atoms with Crippen molar-refractivity contribution in [3.05, 3.63) is 65.0 Å². The van der Waals surface area contributed by atoms with E-state index in [2.05, 4.69) is 4.90 Å². The number of carbonyl (C=O) groups excluding carboxylic acids is 3. The number of carbonyl (C=O) groups is 3. The van der Waals surface area contributed by atoms with E-state index in [1.54, 1.807) is 24.3 Å². The van der Waals surface area contributed by atoms with Crippen molar-refractivity contribution in [2.45, 2.75) is 26.8 Å². The van der Waals surface area contributed by atoms with Gasteiger partial charge < -0.3 is 24.4 Å². The van der Waals surface area contributed by atoms with E-state index < -0.39 is 35.3 Å². The third kappa shape index (κ3) is 5.51. The Morgan fingerprint density at radius 1 is 1.14 bits per heavy atom. The largest absolute Gasteiger partial charge is 0.507 e. The Morgan fingerprint density at radius 2 is 1.86 bits per heavy atom. The fraction of sp³-hybridized carbons (Fsp3) is 0.346. The van der Waals surface area contributed by atoms with Gasteiger partial charge in [0.05, 0.1) is 24.3 Å². The molecule has 3 rings (SSSR count). The second-order valence-corrected chi connectivity index (χ2v) is 8.03. The summed E-state index contributed by atoms with van der Waals surface area (Å²) in [7, 11) is 1.35. The molecule has 1 N–H and O–H groups in total. The number of ketones is 1. The van der Waals surface area contributed by atoms with Crippen LogP contribution in [0.5, 0.6) is 11.5 Å². The van der Waals surface area contributed by atoms with E-state index >= 15 is 0 Å². The lowest BCUT2D eigenvalue weighted by atomic mass is 9.94. The van der Waals surface area contributed by atoms with Crippen LogP contribution in [0.4, 0.5) is 4.39 Å². The van der Waals surface area contributed by atoms with E-state index in [1.807, 2.05) is 13.8 Å². The van der Waals surface area contributed by atoms with Crippen molar-refractivity contribution in [3.8, 4) is 11.5 Å². The highest BCUT2D eigenvalue weighted by atomic mass is 19.1. The molecule has 1 atom stereocenters. The lowest BCUT2D eigenvalue weighted by Gasteiger charge is -2.28. The molecule has 1 amide bonds. The Hall–Kier alpha value is -3.72. The summed E-state index contributed by atoms with van der Waals surface area (Å²) in [5.41, 5.74) is 0.216. The van der Waals surface area contributed by atoms with Crippen LogP contribution in [0.1, 0.15) is 37.9 Å². The van der Waals surface area contributed by atoms with Gasteiger partial charge in [0.15, 0.2) is 0 Å². The van der Waals surface area contributed by atoms with Crippen molar-refractivity contribution in [2.24, 2.45) is 0 Å². The van der Waals surface area contributed by atoms with Gasteiger partial charge in [0.2, 0.25) is 0 Å². The number of ether oxygens (including phenoxy) is 2. The first-order valence-electron chi connectivity index (χ1n) is 11.3. The van der Waals surface area contributed by atoms with Gasteiger partial charge in [-0.25, -0.2) is 4.39 Å². The van der Waals surface area contributed by atoms with Gasteiger partial charge in [-0.05, 0) is 49.0 Å². The number of aliphatic hydroxyl groups excluding tert-OH is 1. The number of rotatable bonds is 9. The summed E-state index contributed by atoms with van der Waals surface area (Å²) in [6, 6.07) is 8.97. The number of amides is 1. The van der Waals surface area contributed by atoms with Crippen LogP contribution in [-0.2, 0) is 14.4 Å². The molecule has 0 bridgehead atoms. The van der Waals surface area contributed by atoms with E-state index in [0.717, 1.165) is 19.2 Å². The van der Waals surface area contributed by atoms with Crippen molar-refractivity contribution >= 4 is 23.4 Å². The summed E-state index contributed by atoms with van der Waals surface area (Å²) < 4.78 is 24.5. The summed E-state index contributed by atoms with van der Waals surface area (Å²) >= 11 is 0. The predicted molar refractivity (Wildman–Crippen MR) is 128 cm³/mol. The van der Waals surface area contributed by atoms with Crippen molar-refractivity contribution in [2.75, 3.05) is 33.3 Å². The summed E-state index contributed by atoms with van der Waals surface area (Å²) in [5.74, 6) is -3.02. The van der Waals surface area contributed by atoms with E-state index in [-0.39, 0.29) is 29.2 Å². The number of esters is 1. The van der Waals surface area contributed by atoms with Gasteiger partial charge in [-0.1, -0.05) is 26.0 Å². The molecule has 2 aromatic rings. The molecule has 1 aliphatic rings. The van der Waals surface area contributed by atoms with Gasteiger partial charge in [0, 0.05) is 20.0 Å². The topological polar surface area (TPSA) is 96.4 Å². The Kier molecular flexibility index (Phi) is 8.24. The zero-order valence-electron chi connectivity index (χ0n) is 20.2. The van der Waals surface area contributed by atoms with Crippen LogP contribution in [0.15, 0.2) is 48.0 Å². The maximum Gasteiger partial charge on any atom is 0.308 e. The molecule has 1 fully saturated rings. The molecule has 2 aromatic carbocycles. The van der Waals surface area contributed by atoms with Gasteiger partial charge in [-0.15, -0.1) is 0 Å². The number of likely N-dealkylation sites (tertiary alicyclic amines) is 1. The highest BCUT2D eigenvalue weighted by Crippen LogP contribution is 2.41. The second kappa shape index (κ2) is 11.1. The first-order valence-corrected chi connectivity index (χ1v) is 11.3. The zero-order chi connectivity index (χ0) is 25.7. The molecule has 0 aromatic heterocycles. The summed E-state index contributed by atoms with van der Waals surface area (Å²) in [6.45, 7) is 7.48. The normalized spacial score (nSPS) is 17.2. The Balaban J connectivity index is 2.19. The molecule has 1 saturated heterocycles. The van der Waals surface area contributed by atoms with Gasteiger partial charge in [-0.2, -0.15) is 0 Å². The SMILES string of the molecule is CCN(CC)CCN1C(=O)C(=O)/C(=C(/O)c2cc(F)ccc2OC)C1c1cccc(OC(C)=O)c1. The van der Waals surface area contributed by atoms with Gasteiger partial charge >= 0.3 is 5.97 Å². The zero-order valence-corrected chi connectivity index (χ0v) is 20.2. The van der Waals surface area contributed by atoms with E-state index in [4.69, 9.17) is 9.47 Å². The number of halogens is 1. The average molecular weight is 485 g/mol. The third-order valence-corrected chi connectivity index (χ3v) is 5.94. The minimum atomic E-state index is -0.978. The lowest BCUT2D eigenvalue weighted by molar-refractivity contribution is -0.140. The quantitative estimate of drug-likeness (QED) is 0.191. The maximum absolute atomic E-state index is 14.1. The van der Waals surface area contributed by atoms with E-state index in [9.17, 15) is 23.9 Å². The molecule has 0 radical (unpaired) electrons. The molecule has 0 spiro atoms. The van der Waals surface area contributed by atoms with E-state index in [0.29, 0.717) is 12.1 Å². The minimum absolute atomic E-state index is 0.0459. The molecule has 1 heterocycles. The number of hydrogen-bond acceptors (Lipinski definition) is 7. The van der Waals surface area contributed by atoms with Crippen molar-refractivity contribution in [3.63, 3.8) is 0 Å². The fourth-order valence-corrected chi connectivity index (χ4v) is 4.17. The predicted octanol–water partition coefficient (Wildman–Crippen LogP) is 3.52.